The Balaban J connectivity index is 2.22. The largest absolute Gasteiger partial charge is 0.478 e. The van der Waals surface area contributed by atoms with Gasteiger partial charge < -0.3 is 10.4 Å². The molecule has 8 nitrogen and oxygen atoms in total. The Morgan fingerprint density at radius 2 is 2.17 bits per heavy atom. The van der Waals surface area contributed by atoms with Gasteiger partial charge in [-0.3, -0.25) is 4.79 Å². The van der Waals surface area contributed by atoms with Crippen LogP contribution < -0.4 is 5.32 Å². The minimum atomic E-state index is -1.18. The van der Waals surface area contributed by atoms with E-state index in [1.807, 2.05) is 0 Å². The first kappa shape index (κ1) is 12.0. The number of hydrogen-bond acceptors (Lipinski definition) is 5. The molecule has 0 aliphatic heterocycles. The number of aromatic nitrogens is 4. The number of amides is 1. The summed E-state index contributed by atoms with van der Waals surface area (Å²) >= 11 is 5.69. The molecule has 0 aliphatic rings. The third-order valence-corrected chi connectivity index (χ3v) is 2.33. The fraction of sp³-hybridized carbons (Fsp3) is 0. The molecule has 1 amide bonds. The van der Waals surface area contributed by atoms with Gasteiger partial charge in [0.05, 0.1) is 10.6 Å². The van der Waals surface area contributed by atoms with Crippen molar-refractivity contribution in [3.63, 3.8) is 0 Å². The molecule has 0 atom stereocenters. The van der Waals surface area contributed by atoms with Crippen molar-refractivity contribution >= 4 is 29.2 Å². The van der Waals surface area contributed by atoms with E-state index in [-0.39, 0.29) is 22.1 Å². The Bertz CT molecular complexity index is 598. The third-order valence-electron chi connectivity index (χ3n) is 2.00. The molecule has 0 spiro atoms. The molecule has 92 valence electrons. The Labute approximate surface area is 105 Å². The van der Waals surface area contributed by atoms with Gasteiger partial charge in [0.1, 0.15) is 0 Å². The van der Waals surface area contributed by atoms with Gasteiger partial charge in [-0.2, -0.15) is 5.21 Å². The summed E-state index contributed by atoms with van der Waals surface area (Å²) in [5.41, 5.74) is 0.161. The Kier molecular flexibility index (Phi) is 3.20. The van der Waals surface area contributed by atoms with Crippen LogP contribution in [0.15, 0.2) is 18.2 Å². The second-order valence-corrected chi connectivity index (χ2v) is 3.60. The van der Waals surface area contributed by atoms with Crippen LogP contribution in [0.4, 0.5) is 5.69 Å². The predicted octanol–water partition coefficient (Wildman–Crippen LogP) is 0.804. The van der Waals surface area contributed by atoms with Gasteiger partial charge in [-0.05, 0) is 23.4 Å². The smallest absolute Gasteiger partial charge is 0.337 e. The maximum atomic E-state index is 11.6. The molecule has 1 heterocycles. The zero-order valence-corrected chi connectivity index (χ0v) is 9.47. The summed E-state index contributed by atoms with van der Waals surface area (Å²) in [6.45, 7) is 0. The first-order chi connectivity index (χ1) is 8.58. The number of aromatic carboxylic acids is 1. The zero-order valence-electron chi connectivity index (χ0n) is 8.72. The lowest BCUT2D eigenvalue weighted by Gasteiger charge is -2.04. The number of carbonyl (C=O) groups is 2. The molecule has 0 fully saturated rings. The SMILES string of the molecule is O=C(Nc1ccc(Cl)c(C(=O)O)c1)c1nn[nH]n1. The standard InChI is InChI=1S/C9H6ClN5O3/c10-6-2-1-4(3-5(6)9(17)18)11-8(16)7-12-14-15-13-7/h1-3H,(H,11,16)(H,17,18)(H,12,13,14,15). The van der Waals surface area contributed by atoms with E-state index in [9.17, 15) is 9.59 Å². The molecule has 0 unspecified atom stereocenters. The fourth-order valence-corrected chi connectivity index (χ4v) is 1.41. The van der Waals surface area contributed by atoms with Gasteiger partial charge in [0.15, 0.2) is 0 Å². The number of anilines is 1. The molecule has 1 aromatic heterocycles. The van der Waals surface area contributed by atoms with Crippen LogP contribution in [0.25, 0.3) is 0 Å². The van der Waals surface area contributed by atoms with Gasteiger partial charge in [-0.1, -0.05) is 11.6 Å². The number of nitrogens with one attached hydrogen (secondary N) is 2. The molecule has 2 rings (SSSR count). The number of tetrazole rings is 1. The highest BCUT2D eigenvalue weighted by molar-refractivity contribution is 6.33. The van der Waals surface area contributed by atoms with Crippen molar-refractivity contribution in [2.75, 3.05) is 5.32 Å². The summed E-state index contributed by atoms with van der Waals surface area (Å²) in [5, 5.41) is 23.7. The molecule has 0 saturated heterocycles. The normalized spacial score (nSPS) is 10.1. The van der Waals surface area contributed by atoms with Crippen molar-refractivity contribution in [3.05, 3.63) is 34.6 Å². The molecular formula is C9H6ClN5O3. The van der Waals surface area contributed by atoms with E-state index in [1.165, 1.54) is 18.2 Å². The average Bonchev–Trinajstić information content (AvgIpc) is 2.85. The van der Waals surface area contributed by atoms with E-state index in [2.05, 4.69) is 25.9 Å². The predicted molar refractivity (Wildman–Crippen MR) is 60.5 cm³/mol. The number of aromatic amines is 1. The highest BCUT2D eigenvalue weighted by Crippen LogP contribution is 2.20. The summed E-state index contributed by atoms with van der Waals surface area (Å²) in [6.07, 6.45) is 0. The number of carbonyl (C=O) groups excluding carboxylic acids is 1. The average molecular weight is 268 g/mol. The number of rotatable bonds is 3. The van der Waals surface area contributed by atoms with Gasteiger partial charge >= 0.3 is 5.97 Å². The second-order valence-electron chi connectivity index (χ2n) is 3.19. The van der Waals surface area contributed by atoms with E-state index in [0.29, 0.717) is 0 Å². The van der Waals surface area contributed by atoms with Crippen molar-refractivity contribution < 1.29 is 14.7 Å². The topological polar surface area (TPSA) is 121 Å². The third kappa shape index (κ3) is 2.43. The van der Waals surface area contributed by atoms with E-state index >= 15 is 0 Å². The van der Waals surface area contributed by atoms with Crippen molar-refractivity contribution in [1.82, 2.24) is 20.6 Å². The number of hydrogen-bond donors (Lipinski definition) is 3. The summed E-state index contributed by atoms with van der Waals surface area (Å²) in [4.78, 5) is 22.4. The Morgan fingerprint density at radius 1 is 1.39 bits per heavy atom. The van der Waals surface area contributed by atoms with Crippen molar-refractivity contribution in [2.45, 2.75) is 0 Å². The molecule has 18 heavy (non-hydrogen) atoms. The molecule has 3 N–H and O–H groups in total. The van der Waals surface area contributed by atoms with Crippen LogP contribution >= 0.6 is 11.6 Å². The van der Waals surface area contributed by atoms with E-state index in [1.54, 1.807) is 0 Å². The minimum Gasteiger partial charge on any atom is -0.478 e. The molecule has 0 saturated carbocycles. The van der Waals surface area contributed by atoms with E-state index in [4.69, 9.17) is 16.7 Å². The zero-order chi connectivity index (χ0) is 13.1. The number of H-pyrrole nitrogens is 1. The van der Waals surface area contributed by atoms with Crippen LogP contribution in [0.1, 0.15) is 21.0 Å². The summed E-state index contributed by atoms with van der Waals surface area (Å²) in [7, 11) is 0. The molecular weight excluding hydrogens is 262 g/mol. The first-order valence-corrected chi connectivity index (χ1v) is 5.03. The lowest BCUT2D eigenvalue weighted by molar-refractivity contribution is 0.0696. The number of nitrogens with zero attached hydrogens (tertiary/aromatic N) is 3. The monoisotopic (exact) mass is 267 g/mol. The Morgan fingerprint density at radius 3 is 2.78 bits per heavy atom. The molecule has 2 aromatic rings. The summed E-state index contributed by atoms with van der Waals surface area (Å²) in [5.74, 6) is -1.94. The maximum Gasteiger partial charge on any atom is 0.337 e. The Hall–Kier alpha value is -2.48. The van der Waals surface area contributed by atoms with E-state index in [0.717, 1.165) is 0 Å². The van der Waals surface area contributed by atoms with E-state index < -0.39 is 11.9 Å². The fourth-order valence-electron chi connectivity index (χ4n) is 1.21. The lowest BCUT2D eigenvalue weighted by atomic mass is 10.2. The number of carboxylic acid groups (broad SMARTS) is 1. The van der Waals surface area contributed by atoms with Crippen LogP contribution in [0.2, 0.25) is 5.02 Å². The van der Waals surface area contributed by atoms with Crippen molar-refractivity contribution in [3.8, 4) is 0 Å². The first-order valence-electron chi connectivity index (χ1n) is 4.65. The molecule has 1 aromatic carbocycles. The van der Waals surface area contributed by atoms with Crippen molar-refractivity contribution in [2.24, 2.45) is 0 Å². The van der Waals surface area contributed by atoms with Crippen LogP contribution in [-0.4, -0.2) is 37.6 Å². The van der Waals surface area contributed by atoms with Crippen LogP contribution in [0.5, 0.6) is 0 Å². The van der Waals surface area contributed by atoms with Crippen molar-refractivity contribution in [1.29, 1.82) is 0 Å². The molecule has 0 radical (unpaired) electrons. The maximum absolute atomic E-state index is 11.6. The quantitative estimate of drug-likeness (QED) is 0.756. The summed E-state index contributed by atoms with van der Waals surface area (Å²) in [6, 6.07) is 4.08. The molecule has 0 bridgehead atoms. The second kappa shape index (κ2) is 4.80. The lowest BCUT2D eigenvalue weighted by Crippen LogP contribution is -2.14. The minimum absolute atomic E-state index is 0.0834. The summed E-state index contributed by atoms with van der Waals surface area (Å²) < 4.78 is 0. The molecule has 0 aliphatic carbocycles. The van der Waals surface area contributed by atoms with Gasteiger partial charge in [-0.25, -0.2) is 4.79 Å². The van der Waals surface area contributed by atoms with Gasteiger partial charge in [-0.15, -0.1) is 10.2 Å². The number of benzene rings is 1. The molecule has 9 heteroatoms. The van der Waals surface area contributed by atoms with Gasteiger partial charge in [0.2, 0.25) is 0 Å². The van der Waals surface area contributed by atoms with Crippen LogP contribution in [0.3, 0.4) is 0 Å². The van der Waals surface area contributed by atoms with Crippen LogP contribution in [0, 0.1) is 0 Å². The number of carboxylic acids is 1. The number of halogens is 1. The van der Waals surface area contributed by atoms with Crippen LogP contribution in [-0.2, 0) is 0 Å². The highest BCUT2D eigenvalue weighted by Gasteiger charge is 2.14. The van der Waals surface area contributed by atoms with Gasteiger partial charge in [0.25, 0.3) is 11.7 Å². The van der Waals surface area contributed by atoms with Gasteiger partial charge in [0, 0.05) is 5.69 Å². The highest BCUT2D eigenvalue weighted by atomic mass is 35.5.